The first-order valence-corrected chi connectivity index (χ1v) is 7.76. The largest absolute Gasteiger partial charge is 0.368 e. The highest BCUT2D eigenvalue weighted by molar-refractivity contribution is 5.06. The van der Waals surface area contributed by atoms with Gasteiger partial charge < -0.3 is 15.4 Å². The molecule has 4 heteroatoms. The maximum absolute atomic E-state index is 6.42. The van der Waals surface area contributed by atoms with Crippen molar-refractivity contribution < 1.29 is 4.74 Å². The number of aromatic nitrogens is 1. The Balaban J connectivity index is 1.91. The van der Waals surface area contributed by atoms with E-state index in [1.165, 1.54) is 0 Å². The summed E-state index contributed by atoms with van der Waals surface area (Å²) in [6.07, 6.45) is 2.81. The van der Waals surface area contributed by atoms with E-state index in [1.54, 1.807) is 0 Å². The van der Waals surface area contributed by atoms with Crippen LogP contribution in [0.5, 0.6) is 0 Å². The van der Waals surface area contributed by atoms with Gasteiger partial charge in [-0.3, -0.25) is 4.98 Å². The Morgan fingerprint density at radius 3 is 2.48 bits per heavy atom. The van der Waals surface area contributed by atoms with Crippen LogP contribution in [0.2, 0.25) is 0 Å². The molecule has 1 aliphatic rings. The number of ether oxygens (including phenoxy) is 1. The minimum Gasteiger partial charge on any atom is -0.368 e. The number of nitrogens with two attached hydrogens (primary N) is 1. The van der Waals surface area contributed by atoms with Crippen molar-refractivity contribution in [3.05, 3.63) is 30.1 Å². The fourth-order valence-electron chi connectivity index (χ4n) is 3.35. The van der Waals surface area contributed by atoms with Gasteiger partial charge in [0.15, 0.2) is 0 Å². The molecular weight excluding hydrogens is 262 g/mol. The van der Waals surface area contributed by atoms with Crippen molar-refractivity contribution in [1.82, 2.24) is 9.88 Å². The summed E-state index contributed by atoms with van der Waals surface area (Å²) in [5, 5.41) is 0. The molecule has 0 aliphatic carbocycles. The van der Waals surface area contributed by atoms with Gasteiger partial charge in [0.2, 0.25) is 0 Å². The number of rotatable bonds is 5. The highest BCUT2D eigenvalue weighted by Crippen LogP contribution is 2.41. The monoisotopic (exact) mass is 291 g/mol. The van der Waals surface area contributed by atoms with Gasteiger partial charge >= 0.3 is 0 Å². The number of hydrogen-bond acceptors (Lipinski definition) is 4. The zero-order valence-corrected chi connectivity index (χ0v) is 14.0. The molecular formula is C17H29N3O. The van der Waals surface area contributed by atoms with E-state index in [0.717, 1.165) is 25.2 Å². The number of pyridine rings is 1. The van der Waals surface area contributed by atoms with Crippen molar-refractivity contribution in [2.75, 3.05) is 20.1 Å². The van der Waals surface area contributed by atoms with Crippen molar-refractivity contribution >= 4 is 0 Å². The third kappa shape index (κ3) is 3.82. The lowest BCUT2D eigenvalue weighted by Crippen LogP contribution is -2.47. The molecule has 4 nitrogen and oxygen atoms in total. The summed E-state index contributed by atoms with van der Waals surface area (Å²) in [6, 6.07) is 6.12. The van der Waals surface area contributed by atoms with E-state index in [0.29, 0.717) is 5.92 Å². The lowest BCUT2D eigenvalue weighted by atomic mass is 9.83. The molecule has 2 N–H and O–H groups in total. The topological polar surface area (TPSA) is 51.4 Å². The molecule has 118 valence electrons. The zero-order valence-electron chi connectivity index (χ0n) is 14.0. The molecule has 1 aromatic heterocycles. The van der Waals surface area contributed by atoms with Crippen molar-refractivity contribution in [2.45, 2.75) is 51.4 Å². The summed E-state index contributed by atoms with van der Waals surface area (Å²) in [4.78, 5) is 6.71. The summed E-state index contributed by atoms with van der Waals surface area (Å²) in [7, 11) is 2.15. The quantitative estimate of drug-likeness (QED) is 0.902. The molecule has 0 radical (unpaired) electrons. The van der Waals surface area contributed by atoms with Gasteiger partial charge in [-0.2, -0.15) is 0 Å². The molecule has 1 fully saturated rings. The Hall–Kier alpha value is -0.970. The Morgan fingerprint density at radius 1 is 1.24 bits per heavy atom. The lowest BCUT2D eigenvalue weighted by Gasteiger charge is -2.31. The van der Waals surface area contributed by atoms with Crippen molar-refractivity contribution in [3.8, 4) is 0 Å². The summed E-state index contributed by atoms with van der Waals surface area (Å²) in [6.45, 7) is 10.4. The standard InChI is InChI=1S/C17H29N3O/c1-16(2)14(15(18)17(3,4)21-16)12-20(5)11-9-13-8-6-7-10-19-13/h6-8,10,14-15H,9,11-12,18H2,1-5H3. The average Bonchev–Trinajstić information content (AvgIpc) is 2.56. The maximum Gasteiger partial charge on any atom is 0.0788 e. The van der Waals surface area contributed by atoms with Gasteiger partial charge in [-0.15, -0.1) is 0 Å². The van der Waals surface area contributed by atoms with E-state index in [1.807, 2.05) is 18.3 Å². The predicted octanol–water partition coefficient (Wildman–Crippen LogP) is 2.09. The van der Waals surface area contributed by atoms with Crippen LogP contribution in [0.25, 0.3) is 0 Å². The van der Waals surface area contributed by atoms with Gasteiger partial charge in [-0.05, 0) is 46.9 Å². The number of hydrogen-bond donors (Lipinski definition) is 1. The van der Waals surface area contributed by atoms with Gasteiger partial charge in [0.1, 0.15) is 0 Å². The van der Waals surface area contributed by atoms with Crippen LogP contribution in [0.15, 0.2) is 24.4 Å². The third-order valence-corrected chi connectivity index (χ3v) is 4.64. The molecule has 1 saturated heterocycles. The van der Waals surface area contributed by atoms with E-state index in [-0.39, 0.29) is 17.2 Å². The molecule has 0 spiro atoms. The second kappa shape index (κ2) is 6.03. The minimum atomic E-state index is -0.254. The molecule has 1 aliphatic heterocycles. The van der Waals surface area contributed by atoms with Gasteiger partial charge in [0.05, 0.1) is 11.2 Å². The van der Waals surface area contributed by atoms with Crippen molar-refractivity contribution in [2.24, 2.45) is 11.7 Å². The van der Waals surface area contributed by atoms with Crippen molar-refractivity contribution in [3.63, 3.8) is 0 Å². The zero-order chi connectivity index (χ0) is 15.7. The van der Waals surface area contributed by atoms with Crippen LogP contribution in [-0.2, 0) is 11.2 Å². The van der Waals surface area contributed by atoms with Crippen LogP contribution in [0, 0.1) is 5.92 Å². The molecule has 0 aromatic carbocycles. The van der Waals surface area contributed by atoms with E-state index >= 15 is 0 Å². The smallest absolute Gasteiger partial charge is 0.0788 e. The van der Waals surface area contributed by atoms with Crippen LogP contribution < -0.4 is 5.73 Å². The first-order valence-electron chi connectivity index (χ1n) is 7.76. The van der Waals surface area contributed by atoms with E-state index in [4.69, 9.17) is 10.5 Å². The second-order valence-corrected chi connectivity index (χ2v) is 7.27. The third-order valence-electron chi connectivity index (χ3n) is 4.64. The minimum absolute atomic E-state index is 0.0600. The second-order valence-electron chi connectivity index (χ2n) is 7.27. The number of likely N-dealkylation sites (N-methyl/N-ethyl adjacent to an activating group) is 1. The van der Waals surface area contributed by atoms with Crippen LogP contribution >= 0.6 is 0 Å². The molecule has 0 amide bonds. The molecule has 2 heterocycles. The Kier molecular flexibility index (Phi) is 4.71. The van der Waals surface area contributed by atoms with Crippen molar-refractivity contribution in [1.29, 1.82) is 0 Å². The molecule has 0 saturated carbocycles. The molecule has 1 aromatic rings. The average molecular weight is 291 g/mol. The van der Waals surface area contributed by atoms with E-state index in [2.05, 4.69) is 50.7 Å². The summed E-state index contributed by atoms with van der Waals surface area (Å²) in [5.74, 6) is 0.334. The van der Waals surface area contributed by atoms with Crippen LogP contribution in [0.3, 0.4) is 0 Å². The Labute approximate surface area is 128 Å². The molecule has 0 bridgehead atoms. The Bertz CT molecular complexity index is 458. The van der Waals surface area contributed by atoms with Gasteiger partial charge in [0.25, 0.3) is 0 Å². The lowest BCUT2D eigenvalue weighted by molar-refractivity contribution is -0.0780. The molecule has 2 atom stereocenters. The first kappa shape index (κ1) is 16.4. The fraction of sp³-hybridized carbons (Fsp3) is 0.706. The highest BCUT2D eigenvalue weighted by Gasteiger charge is 2.52. The van der Waals surface area contributed by atoms with Crippen LogP contribution in [-0.4, -0.2) is 47.3 Å². The fourth-order valence-corrected chi connectivity index (χ4v) is 3.35. The van der Waals surface area contributed by atoms with E-state index in [9.17, 15) is 0 Å². The maximum atomic E-state index is 6.42. The normalized spacial score (nSPS) is 27.2. The van der Waals surface area contributed by atoms with Crippen LogP contribution in [0.4, 0.5) is 0 Å². The van der Waals surface area contributed by atoms with Gasteiger partial charge in [-0.1, -0.05) is 6.07 Å². The molecule has 2 rings (SSSR count). The summed E-state index contributed by atoms with van der Waals surface area (Å²) in [5.41, 5.74) is 7.13. The number of nitrogens with zero attached hydrogens (tertiary/aromatic N) is 2. The van der Waals surface area contributed by atoms with Gasteiger partial charge in [-0.25, -0.2) is 0 Å². The van der Waals surface area contributed by atoms with Crippen LogP contribution in [0.1, 0.15) is 33.4 Å². The first-order chi connectivity index (χ1) is 9.72. The highest BCUT2D eigenvalue weighted by atomic mass is 16.5. The SMILES string of the molecule is CN(CCc1ccccn1)CC1C(N)C(C)(C)OC1(C)C. The Morgan fingerprint density at radius 2 is 1.95 bits per heavy atom. The predicted molar refractivity (Wildman–Crippen MR) is 86.1 cm³/mol. The summed E-state index contributed by atoms with van der Waals surface area (Å²) < 4.78 is 6.16. The molecule has 21 heavy (non-hydrogen) atoms. The van der Waals surface area contributed by atoms with Gasteiger partial charge in [0, 0.05) is 43.4 Å². The molecule has 2 unspecified atom stereocenters. The van der Waals surface area contributed by atoms with E-state index < -0.39 is 0 Å². The summed E-state index contributed by atoms with van der Waals surface area (Å²) >= 11 is 0.